The molecule has 0 saturated heterocycles. The Hall–Kier alpha value is -2.32. The Labute approximate surface area is 116 Å². The molecule has 0 rings (SSSR count). The molecule has 0 aromatic heterocycles. The van der Waals surface area contributed by atoms with E-state index in [-0.39, 0.29) is 26.0 Å². The molecule has 9 heteroatoms. The van der Waals surface area contributed by atoms with Crippen molar-refractivity contribution < 1.29 is 29.0 Å². The van der Waals surface area contributed by atoms with Crippen molar-refractivity contribution in [3.8, 4) is 0 Å². The van der Waals surface area contributed by atoms with Crippen LogP contribution in [0.15, 0.2) is 0 Å². The van der Waals surface area contributed by atoms with Gasteiger partial charge in [-0.05, 0) is 13.3 Å². The highest BCUT2D eigenvalue weighted by atomic mass is 16.5. The molecular weight excluding hydrogens is 270 g/mol. The zero-order chi connectivity index (χ0) is 15.7. The number of amides is 3. The van der Waals surface area contributed by atoms with E-state index in [9.17, 15) is 19.2 Å². The molecule has 0 aliphatic heterocycles. The van der Waals surface area contributed by atoms with Crippen molar-refractivity contribution >= 4 is 23.9 Å². The van der Waals surface area contributed by atoms with Gasteiger partial charge in [0.15, 0.2) is 0 Å². The number of esters is 1. The summed E-state index contributed by atoms with van der Waals surface area (Å²) < 4.78 is 4.66. The monoisotopic (exact) mass is 289 g/mol. The lowest BCUT2D eigenvalue weighted by Gasteiger charge is -2.20. The van der Waals surface area contributed by atoms with Crippen LogP contribution >= 0.6 is 0 Å². The summed E-state index contributed by atoms with van der Waals surface area (Å²) >= 11 is 0. The molecule has 0 fully saturated rings. The van der Waals surface area contributed by atoms with Crippen molar-refractivity contribution in [3.63, 3.8) is 0 Å². The molecular formula is C11H19N3O6. The standard InChI is InChI=1S/C11H19N3O6/c1-3-20-9(16)6-14(2)11(19)13-7(10(17)18)4-5-8(12)15/h7H,3-6H2,1-2H3,(H2,12,15)(H,13,19)(H,17,18)/t7-/m1/s1. The van der Waals surface area contributed by atoms with Gasteiger partial charge in [0.1, 0.15) is 12.6 Å². The number of ether oxygens (including phenoxy) is 1. The van der Waals surface area contributed by atoms with Crippen LogP contribution in [0.2, 0.25) is 0 Å². The van der Waals surface area contributed by atoms with Gasteiger partial charge in [-0.15, -0.1) is 0 Å². The minimum atomic E-state index is -1.29. The zero-order valence-electron chi connectivity index (χ0n) is 11.4. The van der Waals surface area contributed by atoms with Crippen LogP contribution in [0.5, 0.6) is 0 Å². The average molecular weight is 289 g/mol. The fourth-order valence-electron chi connectivity index (χ4n) is 1.28. The van der Waals surface area contributed by atoms with Crippen LogP contribution < -0.4 is 11.1 Å². The Bertz CT molecular complexity index is 384. The van der Waals surface area contributed by atoms with Crippen LogP contribution in [-0.2, 0) is 19.1 Å². The van der Waals surface area contributed by atoms with E-state index in [1.165, 1.54) is 7.05 Å². The van der Waals surface area contributed by atoms with Crippen LogP contribution in [0.1, 0.15) is 19.8 Å². The summed E-state index contributed by atoms with van der Waals surface area (Å²) in [6, 6.07) is -2.01. The Balaban J connectivity index is 4.40. The first-order valence-corrected chi connectivity index (χ1v) is 5.96. The third-order valence-corrected chi connectivity index (χ3v) is 2.29. The number of hydrogen-bond acceptors (Lipinski definition) is 5. The lowest BCUT2D eigenvalue weighted by atomic mass is 10.1. The number of likely N-dealkylation sites (N-methyl/N-ethyl adjacent to an activating group) is 1. The molecule has 0 spiro atoms. The third-order valence-electron chi connectivity index (χ3n) is 2.29. The predicted molar refractivity (Wildman–Crippen MR) is 67.6 cm³/mol. The summed E-state index contributed by atoms with van der Waals surface area (Å²) in [5, 5.41) is 11.1. The number of urea groups is 1. The van der Waals surface area contributed by atoms with Crippen molar-refractivity contribution in [2.24, 2.45) is 5.73 Å². The highest BCUT2D eigenvalue weighted by Crippen LogP contribution is 1.99. The van der Waals surface area contributed by atoms with Gasteiger partial charge in [-0.1, -0.05) is 0 Å². The minimum absolute atomic E-state index is 0.121. The summed E-state index contributed by atoms with van der Waals surface area (Å²) in [6.45, 7) is 1.51. The largest absolute Gasteiger partial charge is 0.480 e. The number of carbonyl (C=O) groups is 4. The normalized spacial score (nSPS) is 11.3. The molecule has 20 heavy (non-hydrogen) atoms. The number of nitrogens with one attached hydrogen (secondary N) is 1. The number of hydrogen-bond donors (Lipinski definition) is 3. The highest BCUT2D eigenvalue weighted by molar-refractivity contribution is 5.85. The van der Waals surface area contributed by atoms with Gasteiger partial charge in [0, 0.05) is 13.5 Å². The predicted octanol–water partition coefficient (Wildman–Crippen LogP) is -1.09. The molecule has 1 atom stereocenters. The molecule has 0 unspecified atom stereocenters. The number of nitrogens with zero attached hydrogens (tertiary/aromatic N) is 1. The van der Waals surface area contributed by atoms with Crippen LogP contribution in [0.4, 0.5) is 4.79 Å². The molecule has 0 heterocycles. The van der Waals surface area contributed by atoms with Crippen molar-refractivity contribution in [2.45, 2.75) is 25.8 Å². The fourth-order valence-corrected chi connectivity index (χ4v) is 1.28. The molecule has 0 aromatic rings. The van der Waals surface area contributed by atoms with Crippen LogP contribution in [0, 0.1) is 0 Å². The smallest absolute Gasteiger partial charge is 0.326 e. The Kier molecular flexibility index (Phi) is 7.71. The summed E-state index contributed by atoms with van der Waals surface area (Å²) in [5.41, 5.74) is 4.91. The van der Waals surface area contributed by atoms with Gasteiger partial charge in [0.25, 0.3) is 0 Å². The van der Waals surface area contributed by atoms with E-state index in [4.69, 9.17) is 10.8 Å². The lowest BCUT2D eigenvalue weighted by molar-refractivity contribution is -0.143. The average Bonchev–Trinajstić information content (AvgIpc) is 2.33. The van der Waals surface area contributed by atoms with E-state index < -0.39 is 29.9 Å². The van der Waals surface area contributed by atoms with Gasteiger partial charge in [-0.25, -0.2) is 9.59 Å². The zero-order valence-corrected chi connectivity index (χ0v) is 11.4. The number of rotatable bonds is 8. The van der Waals surface area contributed by atoms with Crippen molar-refractivity contribution in [1.29, 1.82) is 0 Å². The van der Waals surface area contributed by atoms with Crippen LogP contribution in [0.25, 0.3) is 0 Å². The molecule has 0 aliphatic rings. The summed E-state index contributed by atoms with van der Waals surface area (Å²) in [5.74, 6) is -2.55. The maximum atomic E-state index is 11.7. The number of carbonyl (C=O) groups excluding carboxylic acids is 3. The first kappa shape index (κ1) is 17.7. The molecule has 9 nitrogen and oxygen atoms in total. The number of carboxylic acid groups (broad SMARTS) is 1. The highest BCUT2D eigenvalue weighted by Gasteiger charge is 2.23. The Morgan fingerprint density at radius 3 is 2.40 bits per heavy atom. The second-order valence-corrected chi connectivity index (χ2v) is 4.01. The lowest BCUT2D eigenvalue weighted by Crippen LogP contribution is -2.48. The SMILES string of the molecule is CCOC(=O)CN(C)C(=O)N[C@H](CCC(N)=O)C(=O)O. The number of nitrogens with two attached hydrogens (primary N) is 1. The van der Waals surface area contributed by atoms with Gasteiger partial charge < -0.3 is 25.8 Å². The topological polar surface area (TPSA) is 139 Å². The van der Waals surface area contributed by atoms with Crippen molar-refractivity contribution in [1.82, 2.24) is 10.2 Å². The van der Waals surface area contributed by atoms with Crippen LogP contribution in [-0.4, -0.2) is 60.1 Å². The molecule has 0 aromatic carbocycles. The molecule has 0 radical (unpaired) electrons. The third kappa shape index (κ3) is 7.19. The van der Waals surface area contributed by atoms with E-state index in [2.05, 4.69) is 10.1 Å². The van der Waals surface area contributed by atoms with Gasteiger partial charge in [0.05, 0.1) is 6.61 Å². The molecule has 3 amide bonds. The van der Waals surface area contributed by atoms with E-state index >= 15 is 0 Å². The van der Waals surface area contributed by atoms with Crippen molar-refractivity contribution in [3.05, 3.63) is 0 Å². The summed E-state index contributed by atoms with van der Waals surface area (Å²) in [4.78, 5) is 45.4. The molecule has 114 valence electrons. The number of aliphatic carboxylic acids is 1. The first-order chi connectivity index (χ1) is 9.27. The number of primary amides is 1. The van der Waals surface area contributed by atoms with Gasteiger partial charge in [-0.3, -0.25) is 9.59 Å². The second kappa shape index (κ2) is 8.73. The van der Waals surface area contributed by atoms with Gasteiger partial charge >= 0.3 is 18.0 Å². The maximum absolute atomic E-state index is 11.7. The quantitative estimate of drug-likeness (QED) is 0.485. The minimum Gasteiger partial charge on any atom is -0.480 e. The van der Waals surface area contributed by atoms with Gasteiger partial charge in [0.2, 0.25) is 5.91 Å². The van der Waals surface area contributed by atoms with E-state index in [0.717, 1.165) is 4.90 Å². The van der Waals surface area contributed by atoms with Gasteiger partial charge in [-0.2, -0.15) is 0 Å². The van der Waals surface area contributed by atoms with E-state index in [0.29, 0.717) is 0 Å². The maximum Gasteiger partial charge on any atom is 0.326 e. The molecule has 0 saturated carbocycles. The first-order valence-electron chi connectivity index (χ1n) is 5.96. The number of carboxylic acids is 1. The molecule has 0 aliphatic carbocycles. The Morgan fingerprint density at radius 2 is 1.95 bits per heavy atom. The van der Waals surface area contributed by atoms with Crippen molar-refractivity contribution in [2.75, 3.05) is 20.2 Å². The Morgan fingerprint density at radius 1 is 1.35 bits per heavy atom. The summed E-state index contributed by atoms with van der Waals surface area (Å²) in [7, 11) is 1.32. The fraction of sp³-hybridized carbons (Fsp3) is 0.636. The van der Waals surface area contributed by atoms with E-state index in [1.807, 2.05) is 0 Å². The second-order valence-electron chi connectivity index (χ2n) is 4.01. The summed E-state index contributed by atoms with van der Waals surface area (Å²) in [6.07, 6.45) is -0.289. The molecule has 0 bridgehead atoms. The van der Waals surface area contributed by atoms with Crippen LogP contribution in [0.3, 0.4) is 0 Å². The molecule has 4 N–H and O–H groups in total. The van der Waals surface area contributed by atoms with E-state index in [1.54, 1.807) is 6.92 Å².